The normalized spacial score (nSPS) is 13.1. The van der Waals surface area contributed by atoms with Crippen molar-refractivity contribution in [2.45, 2.75) is 31.3 Å². The molecule has 80 valence electrons. The van der Waals surface area contributed by atoms with Crippen LogP contribution >= 0.6 is 0 Å². The minimum absolute atomic E-state index is 0.000000000000000222. The van der Waals surface area contributed by atoms with E-state index in [0.717, 1.165) is 0 Å². The molecular formula is C9H16N2O2S. The summed E-state index contributed by atoms with van der Waals surface area (Å²) in [5.74, 6) is 0.583. The van der Waals surface area contributed by atoms with Crippen molar-refractivity contribution >= 4 is 9.84 Å². The molecule has 0 atom stereocenters. The SMILES string of the molecule is Cn1ccnc1CS(=O)(=O)C(C)(C)C. The van der Waals surface area contributed by atoms with Crippen LogP contribution in [0.1, 0.15) is 26.6 Å². The summed E-state index contributed by atoms with van der Waals surface area (Å²) in [6.45, 7) is 5.10. The van der Waals surface area contributed by atoms with Gasteiger partial charge in [-0.15, -0.1) is 0 Å². The van der Waals surface area contributed by atoms with Crippen LogP contribution in [-0.4, -0.2) is 22.7 Å². The maximum absolute atomic E-state index is 11.8. The van der Waals surface area contributed by atoms with Crippen molar-refractivity contribution in [1.29, 1.82) is 0 Å². The van der Waals surface area contributed by atoms with Crippen molar-refractivity contribution in [1.82, 2.24) is 9.55 Å². The van der Waals surface area contributed by atoms with Gasteiger partial charge in [0.2, 0.25) is 0 Å². The summed E-state index contributed by atoms with van der Waals surface area (Å²) >= 11 is 0. The van der Waals surface area contributed by atoms with Gasteiger partial charge >= 0.3 is 0 Å². The second-order valence-electron chi connectivity index (χ2n) is 4.33. The van der Waals surface area contributed by atoms with Crippen LogP contribution in [0.3, 0.4) is 0 Å². The molecule has 1 rings (SSSR count). The number of rotatable bonds is 2. The maximum atomic E-state index is 11.8. The average Bonchev–Trinajstić information content (AvgIpc) is 2.33. The smallest absolute Gasteiger partial charge is 0.162 e. The van der Waals surface area contributed by atoms with Crippen LogP contribution in [0.5, 0.6) is 0 Å². The van der Waals surface area contributed by atoms with Crippen molar-refractivity contribution in [2.24, 2.45) is 7.05 Å². The van der Waals surface area contributed by atoms with E-state index in [9.17, 15) is 8.42 Å². The van der Waals surface area contributed by atoms with E-state index < -0.39 is 14.6 Å². The number of hydrogen-bond acceptors (Lipinski definition) is 3. The molecule has 0 spiro atoms. The fourth-order valence-electron chi connectivity index (χ4n) is 0.922. The lowest BCUT2D eigenvalue weighted by molar-refractivity contribution is 0.556. The molecule has 14 heavy (non-hydrogen) atoms. The molecule has 0 aromatic carbocycles. The summed E-state index contributed by atoms with van der Waals surface area (Å²) in [6.07, 6.45) is 3.35. The lowest BCUT2D eigenvalue weighted by Crippen LogP contribution is -2.30. The van der Waals surface area contributed by atoms with Gasteiger partial charge in [0.25, 0.3) is 0 Å². The van der Waals surface area contributed by atoms with Crippen LogP contribution in [-0.2, 0) is 22.6 Å². The van der Waals surface area contributed by atoms with Gasteiger partial charge in [-0.3, -0.25) is 0 Å². The Morgan fingerprint density at radius 1 is 1.43 bits per heavy atom. The third kappa shape index (κ3) is 2.15. The van der Waals surface area contributed by atoms with Crippen LogP contribution in [0.25, 0.3) is 0 Å². The highest BCUT2D eigenvalue weighted by atomic mass is 32.2. The lowest BCUT2D eigenvalue weighted by atomic mass is 10.3. The number of nitrogens with zero attached hydrogens (tertiary/aromatic N) is 2. The van der Waals surface area contributed by atoms with Gasteiger partial charge in [0.15, 0.2) is 9.84 Å². The van der Waals surface area contributed by atoms with E-state index in [1.807, 2.05) is 0 Å². The third-order valence-electron chi connectivity index (χ3n) is 2.17. The van der Waals surface area contributed by atoms with Crippen molar-refractivity contribution < 1.29 is 8.42 Å². The number of aryl methyl sites for hydroxylation is 1. The summed E-state index contributed by atoms with van der Waals surface area (Å²) < 4.78 is 24.6. The van der Waals surface area contributed by atoms with Gasteiger partial charge in [-0.2, -0.15) is 0 Å². The molecule has 0 fully saturated rings. The highest BCUT2D eigenvalue weighted by molar-refractivity contribution is 7.91. The minimum atomic E-state index is -3.13. The Kier molecular flexibility index (Phi) is 2.71. The van der Waals surface area contributed by atoms with E-state index in [1.165, 1.54) is 0 Å². The highest BCUT2D eigenvalue weighted by Gasteiger charge is 2.30. The standard InChI is InChI=1S/C9H16N2O2S/c1-9(2,3)14(12,13)7-8-10-5-6-11(8)4/h5-6H,7H2,1-4H3. The van der Waals surface area contributed by atoms with Gasteiger partial charge in [0.1, 0.15) is 11.6 Å². The average molecular weight is 216 g/mol. The Morgan fingerprint density at radius 2 is 2.00 bits per heavy atom. The Balaban J connectivity index is 2.96. The van der Waals surface area contributed by atoms with E-state index in [-0.39, 0.29) is 5.75 Å². The van der Waals surface area contributed by atoms with Crippen molar-refractivity contribution in [3.8, 4) is 0 Å². The van der Waals surface area contributed by atoms with Crippen LogP contribution < -0.4 is 0 Å². The van der Waals surface area contributed by atoms with Gasteiger partial charge in [0, 0.05) is 19.4 Å². The van der Waals surface area contributed by atoms with E-state index in [4.69, 9.17) is 0 Å². The summed E-state index contributed by atoms with van der Waals surface area (Å²) in [4.78, 5) is 4.00. The fraction of sp³-hybridized carbons (Fsp3) is 0.667. The van der Waals surface area contributed by atoms with E-state index in [0.29, 0.717) is 5.82 Å². The molecule has 5 heteroatoms. The molecule has 0 bridgehead atoms. The van der Waals surface area contributed by atoms with Gasteiger partial charge in [-0.05, 0) is 20.8 Å². The summed E-state index contributed by atoms with van der Waals surface area (Å²) in [6, 6.07) is 0. The van der Waals surface area contributed by atoms with Gasteiger partial charge in [-0.1, -0.05) is 0 Å². The molecule has 1 aromatic heterocycles. The summed E-state index contributed by atoms with van der Waals surface area (Å²) in [5.41, 5.74) is 0. The molecule has 0 N–H and O–H groups in total. The zero-order valence-electron chi connectivity index (χ0n) is 8.98. The maximum Gasteiger partial charge on any atom is 0.162 e. The van der Waals surface area contributed by atoms with Crippen LogP contribution in [0.15, 0.2) is 12.4 Å². The number of sulfone groups is 1. The van der Waals surface area contributed by atoms with Crippen molar-refractivity contribution in [2.75, 3.05) is 0 Å². The first-order valence-corrected chi connectivity index (χ1v) is 6.08. The highest BCUT2D eigenvalue weighted by Crippen LogP contribution is 2.19. The second-order valence-corrected chi connectivity index (χ2v) is 7.07. The Labute approximate surface area is 84.9 Å². The number of hydrogen-bond donors (Lipinski definition) is 0. The molecule has 0 aliphatic heterocycles. The van der Waals surface area contributed by atoms with Crippen LogP contribution in [0.4, 0.5) is 0 Å². The Morgan fingerprint density at radius 3 is 2.36 bits per heavy atom. The first-order chi connectivity index (χ1) is 6.24. The molecule has 0 aliphatic rings. The van der Waals surface area contributed by atoms with Gasteiger partial charge < -0.3 is 4.57 Å². The minimum Gasteiger partial charge on any atom is -0.337 e. The summed E-state index contributed by atoms with van der Waals surface area (Å²) in [7, 11) is -1.33. The van der Waals surface area contributed by atoms with Gasteiger partial charge in [0.05, 0.1) is 4.75 Å². The second kappa shape index (κ2) is 3.38. The zero-order chi connectivity index (χ0) is 11.0. The molecule has 0 amide bonds. The van der Waals surface area contributed by atoms with E-state index >= 15 is 0 Å². The Hall–Kier alpha value is -0.840. The van der Waals surface area contributed by atoms with Crippen molar-refractivity contribution in [3.63, 3.8) is 0 Å². The molecule has 0 radical (unpaired) electrons. The molecule has 4 nitrogen and oxygen atoms in total. The molecular weight excluding hydrogens is 200 g/mol. The Bertz CT molecular complexity index is 412. The number of aromatic nitrogens is 2. The topological polar surface area (TPSA) is 52.0 Å². The molecule has 0 unspecified atom stereocenters. The van der Waals surface area contributed by atoms with Gasteiger partial charge in [-0.25, -0.2) is 13.4 Å². The first kappa shape index (κ1) is 11.2. The molecule has 0 aliphatic carbocycles. The largest absolute Gasteiger partial charge is 0.337 e. The lowest BCUT2D eigenvalue weighted by Gasteiger charge is -2.18. The molecule has 0 saturated carbocycles. The summed E-state index contributed by atoms with van der Waals surface area (Å²) in [5, 5.41) is 0. The molecule has 0 saturated heterocycles. The van der Waals surface area contributed by atoms with Crippen LogP contribution in [0, 0.1) is 0 Å². The predicted molar refractivity (Wildman–Crippen MR) is 55.6 cm³/mol. The predicted octanol–water partition coefficient (Wildman–Crippen LogP) is 1.13. The molecule has 1 aromatic rings. The fourth-order valence-corrected chi connectivity index (χ4v) is 1.97. The monoisotopic (exact) mass is 216 g/mol. The quantitative estimate of drug-likeness (QED) is 0.744. The number of imidazole rings is 1. The first-order valence-electron chi connectivity index (χ1n) is 4.42. The zero-order valence-corrected chi connectivity index (χ0v) is 9.80. The molecule has 1 heterocycles. The third-order valence-corrected chi connectivity index (χ3v) is 4.68. The van der Waals surface area contributed by atoms with E-state index in [2.05, 4.69) is 4.98 Å². The van der Waals surface area contributed by atoms with Crippen molar-refractivity contribution in [3.05, 3.63) is 18.2 Å². The van der Waals surface area contributed by atoms with E-state index in [1.54, 1.807) is 44.8 Å². The van der Waals surface area contributed by atoms with Crippen LogP contribution in [0.2, 0.25) is 0 Å².